The Balaban J connectivity index is 2.48. The van der Waals surface area contributed by atoms with Gasteiger partial charge in [0.25, 0.3) is 0 Å². The highest BCUT2D eigenvalue weighted by molar-refractivity contribution is 8.00. The lowest BCUT2D eigenvalue weighted by molar-refractivity contribution is 0.654. The van der Waals surface area contributed by atoms with Crippen LogP contribution in [0.2, 0.25) is 0 Å². The Bertz CT molecular complexity index is 399. The summed E-state index contributed by atoms with van der Waals surface area (Å²) >= 11 is 1.86. The van der Waals surface area contributed by atoms with E-state index in [-0.39, 0.29) is 5.41 Å². The minimum Gasteiger partial charge on any atom is -0.197 e. The third-order valence-electron chi connectivity index (χ3n) is 3.01. The van der Waals surface area contributed by atoms with Gasteiger partial charge in [-0.15, -0.1) is 0 Å². The van der Waals surface area contributed by atoms with Gasteiger partial charge < -0.3 is 0 Å². The van der Waals surface area contributed by atoms with E-state index in [4.69, 9.17) is 0 Å². The zero-order valence-electron chi connectivity index (χ0n) is 9.16. The number of benzene rings is 1. The molecule has 1 aliphatic heterocycles. The molecule has 1 aliphatic rings. The van der Waals surface area contributed by atoms with Gasteiger partial charge in [0.15, 0.2) is 0 Å². The summed E-state index contributed by atoms with van der Waals surface area (Å²) in [5.74, 6) is 2.40. The molecule has 0 spiro atoms. The number of hydrogen-bond acceptors (Lipinski definition) is 2. The van der Waals surface area contributed by atoms with Crippen LogP contribution in [0.15, 0.2) is 24.3 Å². The van der Waals surface area contributed by atoms with Gasteiger partial charge in [0, 0.05) is 11.5 Å². The van der Waals surface area contributed by atoms with Crippen molar-refractivity contribution >= 4 is 11.8 Å². The fraction of sp³-hybridized carbons (Fsp3) is 0.462. The Morgan fingerprint density at radius 3 is 2.47 bits per heavy atom. The molecule has 0 N–H and O–H groups in total. The van der Waals surface area contributed by atoms with Crippen molar-refractivity contribution in [2.24, 2.45) is 0 Å². The maximum Gasteiger partial charge on any atom is 0.100 e. The molecule has 0 bridgehead atoms. The first-order valence-electron chi connectivity index (χ1n) is 5.28. The highest BCUT2D eigenvalue weighted by Crippen LogP contribution is 2.43. The summed E-state index contributed by atoms with van der Waals surface area (Å²) in [5, 5.41) is 9.33. The minimum absolute atomic E-state index is 0.203. The Morgan fingerprint density at radius 1 is 1.33 bits per heavy atom. The molecule has 0 aliphatic carbocycles. The third-order valence-corrected chi connectivity index (χ3v) is 4.40. The predicted molar refractivity (Wildman–Crippen MR) is 65.1 cm³/mol. The monoisotopic (exact) mass is 217 g/mol. The van der Waals surface area contributed by atoms with Crippen molar-refractivity contribution in [3.8, 4) is 6.07 Å². The van der Waals surface area contributed by atoms with Gasteiger partial charge in [-0.3, -0.25) is 0 Å². The Labute approximate surface area is 95.5 Å². The van der Waals surface area contributed by atoms with Crippen molar-refractivity contribution in [3.63, 3.8) is 0 Å². The van der Waals surface area contributed by atoms with Gasteiger partial charge >= 0.3 is 0 Å². The van der Waals surface area contributed by atoms with E-state index in [1.807, 2.05) is 17.8 Å². The number of thioether (sulfide) groups is 1. The molecular weight excluding hydrogens is 202 g/mol. The summed E-state index contributed by atoms with van der Waals surface area (Å²) in [6.45, 7) is 4.38. The zero-order valence-corrected chi connectivity index (χ0v) is 9.97. The molecule has 1 fully saturated rings. The van der Waals surface area contributed by atoms with Crippen LogP contribution in [0.25, 0.3) is 0 Å². The van der Waals surface area contributed by atoms with E-state index in [0.717, 1.165) is 11.5 Å². The van der Waals surface area contributed by atoms with Gasteiger partial charge in [-0.2, -0.15) is 17.0 Å². The summed E-state index contributed by atoms with van der Waals surface area (Å²) in [6, 6.07) is 10.9. The third kappa shape index (κ3) is 1.66. The molecule has 1 aromatic rings. The molecule has 0 atom stereocenters. The SMILES string of the molecule is CC(C)c1ccccc1C1(C#N)CSC1. The van der Waals surface area contributed by atoms with Crippen molar-refractivity contribution in [2.45, 2.75) is 25.2 Å². The number of hydrogen-bond donors (Lipinski definition) is 0. The van der Waals surface area contributed by atoms with E-state index in [1.165, 1.54) is 11.1 Å². The highest BCUT2D eigenvalue weighted by atomic mass is 32.2. The lowest BCUT2D eigenvalue weighted by atomic mass is 9.79. The topological polar surface area (TPSA) is 23.8 Å². The molecule has 0 amide bonds. The van der Waals surface area contributed by atoms with E-state index < -0.39 is 0 Å². The summed E-state index contributed by atoms with van der Waals surface area (Å²) < 4.78 is 0. The summed E-state index contributed by atoms with van der Waals surface area (Å²) in [6.07, 6.45) is 0. The molecule has 1 heterocycles. The number of nitriles is 1. The fourth-order valence-electron chi connectivity index (χ4n) is 2.02. The summed E-state index contributed by atoms with van der Waals surface area (Å²) in [7, 11) is 0. The molecule has 0 unspecified atom stereocenters. The van der Waals surface area contributed by atoms with Crippen molar-refractivity contribution in [1.82, 2.24) is 0 Å². The number of rotatable bonds is 2. The van der Waals surface area contributed by atoms with Gasteiger partial charge in [0.1, 0.15) is 5.41 Å². The van der Waals surface area contributed by atoms with E-state index in [0.29, 0.717) is 5.92 Å². The first kappa shape index (κ1) is 10.6. The van der Waals surface area contributed by atoms with Crippen molar-refractivity contribution in [2.75, 3.05) is 11.5 Å². The molecule has 1 aromatic carbocycles. The van der Waals surface area contributed by atoms with Crippen LogP contribution >= 0.6 is 11.8 Å². The van der Waals surface area contributed by atoms with Gasteiger partial charge in [-0.25, -0.2) is 0 Å². The summed E-state index contributed by atoms with van der Waals surface area (Å²) in [4.78, 5) is 0. The van der Waals surface area contributed by atoms with Gasteiger partial charge in [0.05, 0.1) is 6.07 Å². The van der Waals surface area contributed by atoms with Crippen LogP contribution in [-0.4, -0.2) is 11.5 Å². The second-order valence-corrected chi connectivity index (χ2v) is 5.41. The van der Waals surface area contributed by atoms with Gasteiger partial charge in [0.2, 0.25) is 0 Å². The second kappa shape index (κ2) is 3.90. The van der Waals surface area contributed by atoms with Crippen LogP contribution in [0, 0.1) is 11.3 Å². The quantitative estimate of drug-likeness (QED) is 0.758. The molecule has 15 heavy (non-hydrogen) atoms. The van der Waals surface area contributed by atoms with E-state index >= 15 is 0 Å². The maximum atomic E-state index is 9.33. The van der Waals surface area contributed by atoms with Crippen LogP contribution in [0.4, 0.5) is 0 Å². The average Bonchev–Trinajstić information content (AvgIpc) is 2.17. The van der Waals surface area contributed by atoms with Crippen LogP contribution in [0.3, 0.4) is 0 Å². The second-order valence-electron chi connectivity index (χ2n) is 4.43. The normalized spacial score (nSPS) is 18.3. The Morgan fingerprint density at radius 2 is 2.00 bits per heavy atom. The molecule has 0 saturated carbocycles. The minimum atomic E-state index is -0.203. The lowest BCUT2D eigenvalue weighted by Crippen LogP contribution is -2.39. The lowest BCUT2D eigenvalue weighted by Gasteiger charge is -2.37. The smallest absolute Gasteiger partial charge is 0.100 e. The first-order chi connectivity index (χ1) is 7.19. The predicted octanol–water partition coefficient (Wildman–Crippen LogP) is 3.32. The van der Waals surface area contributed by atoms with Gasteiger partial charge in [-0.1, -0.05) is 38.1 Å². The zero-order chi connectivity index (χ0) is 10.9. The molecule has 2 heteroatoms. The van der Waals surface area contributed by atoms with Crippen LogP contribution in [-0.2, 0) is 5.41 Å². The Hall–Kier alpha value is -0.940. The largest absolute Gasteiger partial charge is 0.197 e. The van der Waals surface area contributed by atoms with Crippen LogP contribution in [0.1, 0.15) is 30.9 Å². The van der Waals surface area contributed by atoms with Crippen molar-refractivity contribution in [3.05, 3.63) is 35.4 Å². The molecule has 1 saturated heterocycles. The summed E-state index contributed by atoms with van der Waals surface area (Å²) in [5.41, 5.74) is 2.38. The average molecular weight is 217 g/mol. The molecule has 2 rings (SSSR count). The van der Waals surface area contributed by atoms with Crippen molar-refractivity contribution < 1.29 is 0 Å². The van der Waals surface area contributed by atoms with E-state index in [1.54, 1.807) is 0 Å². The highest BCUT2D eigenvalue weighted by Gasteiger charge is 2.41. The van der Waals surface area contributed by atoms with E-state index in [2.05, 4.69) is 38.1 Å². The molecule has 0 aromatic heterocycles. The van der Waals surface area contributed by atoms with Gasteiger partial charge in [-0.05, 0) is 17.0 Å². The molecule has 0 radical (unpaired) electrons. The van der Waals surface area contributed by atoms with Crippen LogP contribution in [0.5, 0.6) is 0 Å². The number of nitrogens with zero attached hydrogens (tertiary/aromatic N) is 1. The Kier molecular flexibility index (Phi) is 2.75. The van der Waals surface area contributed by atoms with E-state index in [9.17, 15) is 5.26 Å². The standard InChI is InChI=1S/C13H15NS/c1-10(2)11-5-3-4-6-12(11)13(7-14)8-15-9-13/h3-6,10H,8-9H2,1-2H3. The molecule has 1 nitrogen and oxygen atoms in total. The molecular formula is C13H15NS. The van der Waals surface area contributed by atoms with Crippen LogP contribution < -0.4 is 0 Å². The molecule has 78 valence electrons. The maximum absolute atomic E-state index is 9.33. The first-order valence-corrected chi connectivity index (χ1v) is 6.43. The fourth-order valence-corrected chi connectivity index (χ4v) is 3.08. The van der Waals surface area contributed by atoms with Crippen molar-refractivity contribution in [1.29, 1.82) is 5.26 Å².